The first kappa shape index (κ1) is 21.4. The molecule has 3 N–H and O–H groups in total. The van der Waals surface area contributed by atoms with E-state index in [1.54, 1.807) is 31.6 Å². The Morgan fingerprint density at radius 3 is 2.48 bits per heavy atom. The fourth-order valence-corrected chi connectivity index (χ4v) is 3.40. The number of ether oxygens (including phenoxy) is 2. The minimum atomic E-state index is -0.626. The van der Waals surface area contributed by atoms with Crippen molar-refractivity contribution in [1.82, 2.24) is 25.6 Å². The van der Waals surface area contributed by atoms with Gasteiger partial charge in [0.1, 0.15) is 5.82 Å². The Morgan fingerprint density at radius 1 is 1.16 bits per heavy atom. The normalized spacial score (nSPS) is 20.9. The van der Waals surface area contributed by atoms with E-state index >= 15 is 0 Å². The van der Waals surface area contributed by atoms with E-state index in [4.69, 9.17) is 26.7 Å². The zero-order chi connectivity index (χ0) is 21.8. The number of H-pyrrole nitrogens is 1. The molecule has 0 spiro atoms. The van der Waals surface area contributed by atoms with Crippen LogP contribution in [0.1, 0.15) is 19.0 Å². The van der Waals surface area contributed by atoms with Gasteiger partial charge in [-0.2, -0.15) is 0 Å². The zero-order valence-corrected chi connectivity index (χ0v) is 18.1. The van der Waals surface area contributed by atoms with E-state index in [1.807, 2.05) is 12.1 Å². The number of hydrogen-bond donors (Lipinski definition) is 3. The van der Waals surface area contributed by atoms with Gasteiger partial charge in [-0.3, -0.25) is 4.98 Å². The molecule has 4 rings (SSSR count). The Kier molecular flexibility index (Phi) is 6.26. The summed E-state index contributed by atoms with van der Waals surface area (Å²) < 4.78 is 25.5. The van der Waals surface area contributed by atoms with Gasteiger partial charge in [0.15, 0.2) is 10.9 Å². The Balaban J connectivity index is 1.57. The van der Waals surface area contributed by atoms with Crippen molar-refractivity contribution in [2.45, 2.75) is 13.2 Å². The summed E-state index contributed by atoms with van der Waals surface area (Å²) in [5.41, 5.74) is 2.98. The van der Waals surface area contributed by atoms with Crippen LogP contribution in [0.15, 0.2) is 48.8 Å². The van der Waals surface area contributed by atoms with Crippen molar-refractivity contribution in [2.75, 3.05) is 26.8 Å². The molecule has 1 aromatic carbocycles. The van der Waals surface area contributed by atoms with Gasteiger partial charge >= 0.3 is 0 Å². The maximum absolute atomic E-state index is 13.4. The SMILES string of the molecule is CNC(=S)NCC1(C)COC(c2nc(-c3ccc(F)cc3)c(-c3ccncc3)[nH]2)OC1. The average molecular weight is 442 g/mol. The number of rotatable bonds is 5. The van der Waals surface area contributed by atoms with Crippen molar-refractivity contribution in [3.8, 4) is 22.5 Å². The average Bonchev–Trinajstić information content (AvgIpc) is 3.24. The van der Waals surface area contributed by atoms with Crippen LogP contribution >= 0.6 is 12.2 Å². The first-order valence-electron chi connectivity index (χ1n) is 9.92. The number of nitrogens with one attached hydrogen (secondary N) is 3. The molecule has 3 aromatic rings. The second-order valence-corrected chi connectivity index (χ2v) is 8.19. The van der Waals surface area contributed by atoms with Crippen LogP contribution in [0.4, 0.5) is 4.39 Å². The standard InChI is InChI=1S/C22H24FN5O2S/c1-22(11-26-21(31)24-2)12-29-20(30-13-22)19-27-17(14-3-5-16(23)6-4-14)18(28-19)15-7-9-25-10-8-15/h3-10,20H,11-13H2,1-2H3,(H,27,28)(H2,24,26,31). The summed E-state index contributed by atoms with van der Waals surface area (Å²) in [6.45, 7) is 3.66. The molecule has 2 aromatic heterocycles. The molecular formula is C22H24FN5O2S. The maximum atomic E-state index is 13.4. The number of imidazole rings is 1. The molecule has 0 unspecified atom stereocenters. The van der Waals surface area contributed by atoms with Crippen molar-refractivity contribution in [3.63, 3.8) is 0 Å². The van der Waals surface area contributed by atoms with Crippen molar-refractivity contribution in [3.05, 3.63) is 60.4 Å². The number of hydrogen-bond acceptors (Lipinski definition) is 5. The molecular weight excluding hydrogens is 417 g/mol. The molecule has 162 valence electrons. The van der Waals surface area contributed by atoms with Crippen LogP contribution in [0.25, 0.3) is 22.5 Å². The highest BCUT2D eigenvalue weighted by Gasteiger charge is 2.35. The lowest BCUT2D eigenvalue weighted by Crippen LogP contribution is -2.47. The molecule has 3 heterocycles. The monoisotopic (exact) mass is 441 g/mol. The molecule has 31 heavy (non-hydrogen) atoms. The fourth-order valence-electron chi connectivity index (χ4n) is 3.33. The molecule has 1 saturated heterocycles. The smallest absolute Gasteiger partial charge is 0.217 e. The third-order valence-electron chi connectivity index (χ3n) is 5.10. The lowest BCUT2D eigenvalue weighted by molar-refractivity contribution is -0.231. The first-order valence-corrected chi connectivity index (χ1v) is 10.3. The molecule has 7 nitrogen and oxygen atoms in total. The predicted molar refractivity (Wildman–Crippen MR) is 120 cm³/mol. The number of nitrogens with zero attached hydrogens (tertiary/aromatic N) is 2. The van der Waals surface area contributed by atoms with E-state index < -0.39 is 6.29 Å². The topological polar surface area (TPSA) is 84.1 Å². The number of pyridine rings is 1. The zero-order valence-electron chi connectivity index (χ0n) is 17.3. The van der Waals surface area contributed by atoms with Gasteiger partial charge < -0.3 is 25.1 Å². The Labute approximate surface area is 185 Å². The van der Waals surface area contributed by atoms with Gasteiger partial charge in [-0.25, -0.2) is 9.37 Å². The first-order chi connectivity index (χ1) is 15.0. The molecule has 0 amide bonds. The summed E-state index contributed by atoms with van der Waals surface area (Å²) in [7, 11) is 1.78. The largest absolute Gasteiger partial charge is 0.366 e. The highest BCUT2D eigenvalue weighted by molar-refractivity contribution is 7.80. The molecule has 1 aliphatic heterocycles. The van der Waals surface area contributed by atoms with E-state index in [1.165, 1.54) is 12.1 Å². The number of aromatic nitrogens is 3. The Morgan fingerprint density at radius 2 is 1.84 bits per heavy atom. The number of thiocarbonyl (C=S) groups is 1. The van der Waals surface area contributed by atoms with E-state index in [0.29, 0.717) is 36.4 Å². The van der Waals surface area contributed by atoms with Gasteiger partial charge in [0.05, 0.1) is 24.6 Å². The van der Waals surface area contributed by atoms with Crippen molar-refractivity contribution in [1.29, 1.82) is 0 Å². The van der Waals surface area contributed by atoms with Crippen LogP contribution < -0.4 is 10.6 Å². The van der Waals surface area contributed by atoms with E-state index in [-0.39, 0.29) is 11.2 Å². The molecule has 9 heteroatoms. The predicted octanol–water partition coefficient (Wildman–Crippen LogP) is 3.42. The van der Waals surface area contributed by atoms with Gasteiger partial charge in [0.25, 0.3) is 0 Å². The summed E-state index contributed by atoms with van der Waals surface area (Å²) in [5.74, 6) is 0.265. The van der Waals surface area contributed by atoms with Crippen LogP contribution in [0, 0.1) is 11.2 Å². The van der Waals surface area contributed by atoms with Gasteiger partial charge in [0, 0.05) is 42.5 Å². The van der Waals surface area contributed by atoms with Crippen LogP contribution in [0.5, 0.6) is 0 Å². The lowest BCUT2D eigenvalue weighted by Gasteiger charge is -2.36. The number of halogens is 1. The third kappa shape index (κ3) is 4.90. The van der Waals surface area contributed by atoms with Gasteiger partial charge in [-0.05, 0) is 48.6 Å². The van der Waals surface area contributed by atoms with Crippen LogP contribution in [0.3, 0.4) is 0 Å². The maximum Gasteiger partial charge on any atom is 0.217 e. The second kappa shape index (κ2) is 9.09. The van der Waals surface area contributed by atoms with Gasteiger partial charge in [-0.15, -0.1) is 0 Å². The fraction of sp³-hybridized carbons (Fsp3) is 0.318. The highest BCUT2D eigenvalue weighted by atomic mass is 32.1. The summed E-state index contributed by atoms with van der Waals surface area (Å²) in [5, 5.41) is 6.64. The van der Waals surface area contributed by atoms with Crippen LogP contribution in [-0.4, -0.2) is 46.9 Å². The van der Waals surface area contributed by atoms with Crippen molar-refractivity contribution < 1.29 is 13.9 Å². The van der Waals surface area contributed by atoms with E-state index in [2.05, 4.69) is 27.5 Å². The lowest BCUT2D eigenvalue weighted by atomic mass is 9.92. The van der Waals surface area contributed by atoms with Crippen molar-refractivity contribution in [2.24, 2.45) is 5.41 Å². The number of benzene rings is 1. The number of aromatic amines is 1. The summed E-state index contributed by atoms with van der Waals surface area (Å²) in [4.78, 5) is 12.2. The Hall–Kier alpha value is -2.88. The molecule has 0 radical (unpaired) electrons. The summed E-state index contributed by atoms with van der Waals surface area (Å²) in [6, 6.07) is 10.0. The van der Waals surface area contributed by atoms with Crippen molar-refractivity contribution >= 4 is 17.3 Å². The van der Waals surface area contributed by atoms with Crippen LogP contribution in [0.2, 0.25) is 0 Å². The van der Waals surface area contributed by atoms with E-state index in [9.17, 15) is 4.39 Å². The minimum absolute atomic E-state index is 0.224. The van der Waals surface area contributed by atoms with Gasteiger partial charge in [-0.1, -0.05) is 6.92 Å². The summed E-state index contributed by atoms with van der Waals surface area (Å²) in [6.07, 6.45) is 2.80. The van der Waals surface area contributed by atoms with Gasteiger partial charge in [0.2, 0.25) is 6.29 Å². The minimum Gasteiger partial charge on any atom is -0.366 e. The second-order valence-electron chi connectivity index (χ2n) is 7.79. The molecule has 1 fully saturated rings. The molecule has 0 saturated carbocycles. The third-order valence-corrected chi connectivity index (χ3v) is 5.45. The molecule has 0 bridgehead atoms. The van der Waals surface area contributed by atoms with E-state index in [0.717, 1.165) is 16.8 Å². The Bertz CT molecular complexity index is 1030. The van der Waals surface area contributed by atoms with Crippen LogP contribution in [-0.2, 0) is 9.47 Å². The molecule has 1 aliphatic rings. The quantitative estimate of drug-likeness (QED) is 0.523. The molecule has 0 aliphatic carbocycles. The molecule has 0 atom stereocenters. The highest BCUT2D eigenvalue weighted by Crippen LogP contribution is 2.35. The summed E-state index contributed by atoms with van der Waals surface area (Å²) >= 11 is 5.14.